The van der Waals surface area contributed by atoms with Crippen LogP contribution in [0.5, 0.6) is 0 Å². The van der Waals surface area contributed by atoms with Crippen molar-refractivity contribution in [2.45, 2.75) is 45.6 Å². The third-order valence-corrected chi connectivity index (χ3v) is 4.26. The van der Waals surface area contributed by atoms with E-state index in [1.165, 1.54) is 0 Å². The highest BCUT2D eigenvalue weighted by atomic mass is 16.4. The first-order valence-electron chi connectivity index (χ1n) is 7.72. The maximum absolute atomic E-state index is 12.3. The van der Waals surface area contributed by atoms with Crippen molar-refractivity contribution in [3.63, 3.8) is 0 Å². The van der Waals surface area contributed by atoms with Gasteiger partial charge in [-0.2, -0.15) is 0 Å². The van der Waals surface area contributed by atoms with Crippen LogP contribution in [0.15, 0.2) is 0 Å². The fourth-order valence-electron chi connectivity index (χ4n) is 2.76. The number of hydrogen-bond donors (Lipinski definition) is 2. The Morgan fingerprint density at radius 2 is 1.81 bits per heavy atom. The molecule has 0 aromatic carbocycles. The summed E-state index contributed by atoms with van der Waals surface area (Å²) in [5, 5.41) is 11.7. The summed E-state index contributed by atoms with van der Waals surface area (Å²) in [5.74, 6) is -1.40. The molecule has 1 saturated heterocycles. The molecular weight excluding hydrogens is 272 g/mol. The van der Waals surface area contributed by atoms with Gasteiger partial charge < -0.3 is 15.3 Å². The molecule has 2 amide bonds. The molecule has 0 spiro atoms. The molecule has 6 nitrogen and oxygen atoms in total. The van der Waals surface area contributed by atoms with E-state index in [1.54, 1.807) is 18.7 Å². The lowest BCUT2D eigenvalue weighted by atomic mass is 9.95. The summed E-state index contributed by atoms with van der Waals surface area (Å²) >= 11 is 0. The normalized spacial score (nSPS) is 23.8. The Morgan fingerprint density at radius 1 is 1.14 bits per heavy atom. The average molecular weight is 296 g/mol. The van der Waals surface area contributed by atoms with E-state index in [1.807, 2.05) is 0 Å². The first-order chi connectivity index (χ1) is 9.90. The van der Waals surface area contributed by atoms with Gasteiger partial charge in [0.1, 0.15) is 6.04 Å². The Hall–Kier alpha value is -1.59. The minimum Gasteiger partial charge on any atom is -0.480 e. The summed E-state index contributed by atoms with van der Waals surface area (Å²) in [6.07, 6.45) is 3.43. The highest BCUT2D eigenvalue weighted by molar-refractivity contribution is 5.86. The topological polar surface area (TPSA) is 86.7 Å². The number of carbonyl (C=O) groups excluding carboxylic acids is 2. The molecule has 1 aliphatic heterocycles. The molecule has 2 aliphatic rings. The third kappa shape index (κ3) is 3.95. The van der Waals surface area contributed by atoms with Crippen LogP contribution in [-0.2, 0) is 14.4 Å². The molecule has 0 bridgehead atoms. The van der Waals surface area contributed by atoms with Crippen molar-refractivity contribution in [3.8, 4) is 0 Å². The number of carboxylic acid groups (broad SMARTS) is 1. The molecule has 2 atom stereocenters. The number of rotatable bonds is 5. The predicted octanol–water partition coefficient (Wildman–Crippen LogP) is 0.860. The van der Waals surface area contributed by atoms with Crippen molar-refractivity contribution in [3.05, 3.63) is 0 Å². The van der Waals surface area contributed by atoms with E-state index in [9.17, 15) is 14.4 Å². The number of nitrogens with one attached hydrogen (secondary N) is 1. The van der Waals surface area contributed by atoms with E-state index in [-0.39, 0.29) is 29.6 Å². The van der Waals surface area contributed by atoms with Gasteiger partial charge >= 0.3 is 5.97 Å². The van der Waals surface area contributed by atoms with E-state index in [0.29, 0.717) is 19.5 Å². The Kier molecular flexibility index (Phi) is 4.85. The number of likely N-dealkylation sites (tertiary alicyclic amines) is 1. The second kappa shape index (κ2) is 6.45. The van der Waals surface area contributed by atoms with Crippen LogP contribution in [0.25, 0.3) is 0 Å². The second-order valence-corrected chi connectivity index (χ2v) is 6.47. The summed E-state index contributed by atoms with van der Waals surface area (Å²) in [6.45, 7) is 4.67. The monoisotopic (exact) mass is 296 g/mol. The van der Waals surface area contributed by atoms with Crippen LogP contribution in [-0.4, -0.2) is 46.9 Å². The zero-order chi connectivity index (χ0) is 15.6. The van der Waals surface area contributed by atoms with Crippen LogP contribution < -0.4 is 5.32 Å². The number of aliphatic carboxylic acids is 1. The molecule has 2 N–H and O–H groups in total. The Balaban J connectivity index is 1.92. The molecule has 2 fully saturated rings. The molecule has 118 valence electrons. The van der Waals surface area contributed by atoms with E-state index in [2.05, 4.69) is 5.32 Å². The molecule has 1 heterocycles. The van der Waals surface area contributed by atoms with E-state index in [0.717, 1.165) is 19.3 Å². The van der Waals surface area contributed by atoms with Gasteiger partial charge in [0.15, 0.2) is 0 Å². The summed E-state index contributed by atoms with van der Waals surface area (Å²) in [5.41, 5.74) is 0. The summed E-state index contributed by atoms with van der Waals surface area (Å²) < 4.78 is 0. The molecule has 1 aliphatic carbocycles. The molecule has 6 heteroatoms. The Morgan fingerprint density at radius 3 is 2.33 bits per heavy atom. The molecule has 0 aromatic rings. The van der Waals surface area contributed by atoms with Crippen LogP contribution >= 0.6 is 0 Å². The van der Waals surface area contributed by atoms with Gasteiger partial charge in [0, 0.05) is 19.0 Å². The number of carboxylic acids is 1. The van der Waals surface area contributed by atoms with Crippen molar-refractivity contribution in [2.24, 2.45) is 17.8 Å². The first kappa shape index (κ1) is 15.8. The van der Waals surface area contributed by atoms with Crippen LogP contribution in [0, 0.1) is 17.8 Å². The van der Waals surface area contributed by atoms with Crippen LogP contribution in [0.2, 0.25) is 0 Å². The van der Waals surface area contributed by atoms with Crippen LogP contribution in [0.3, 0.4) is 0 Å². The number of carbonyl (C=O) groups is 3. The van der Waals surface area contributed by atoms with Crippen LogP contribution in [0.4, 0.5) is 0 Å². The lowest BCUT2D eigenvalue weighted by Crippen LogP contribution is -2.51. The van der Waals surface area contributed by atoms with Gasteiger partial charge in [-0.15, -0.1) is 0 Å². The minimum atomic E-state index is -1.01. The van der Waals surface area contributed by atoms with Crippen molar-refractivity contribution < 1.29 is 19.5 Å². The molecule has 0 radical (unpaired) electrons. The lowest BCUT2D eigenvalue weighted by Gasteiger charge is -2.33. The Labute approximate surface area is 124 Å². The van der Waals surface area contributed by atoms with Gasteiger partial charge in [0.2, 0.25) is 11.8 Å². The largest absolute Gasteiger partial charge is 0.480 e. The summed E-state index contributed by atoms with van der Waals surface area (Å²) in [6, 6.07) is -0.869. The highest BCUT2D eigenvalue weighted by Crippen LogP contribution is 2.32. The quantitative estimate of drug-likeness (QED) is 0.788. The molecule has 1 saturated carbocycles. The van der Waals surface area contributed by atoms with Gasteiger partial charge in [0.05, 0.1) is 5.92 Å². The van der Waals surface area contributed by atoms with Gasteiger partial charge in [-0.25, -0.2) is 4.79 Å². The molecule has 0 aromatic heterocycles. The summed E-state index contributed by atoms with van der Waals surface area (Å²) in [4.78, 5) is 37.3. The number of piperidine rings is 1. The van der Waals surface area contributed by atoms with Gasteiger partial charge in [-0.1, -0.05) is 13.8 Å². The van der Waals surface area contributed by atoms with Crippen LogP contribution in [0.1, 0.15) is 39.5 Å². The van der Waals surface area contributed by atoms with Gasteiger partial charge in [0.25, 0.3) is 0 Å². The molecule has 1 unspecified atom stereocenters. The van der Waals surface area contributed by atoms with Crippen molar-refractivity contribution in [1.82, 2.24) is 10.2 Å². The van der Waals surface area contributed by atoms with E-state index in [4.69, 9.17) is 5.11 Å². The average Bonchev–Trinajstić information content (AvgIpc) is 3.27. The van der Waals surface area contributed by atoms with Crippen molar-refractivity contribution in [1.29, 1.82) is 0 Å². The van der Waals surface area contributed by atoms with Gasteiger partial charge in [-0.3, -0.25) is 9.59 Å². The second-order valence-electron chi connectivity index (χ2n) is 6.47. The summed E-state index contributed by atoms with van der Waals surface area (Å²) in [7, 11) is 0. The predicted molar refractivity (Wildman–Crippen MR) is 76.4 cm³/mol. The zero-order valence-electron chi connectivity index (χ0n) is 12.7. The molecule has 2 rings (SSSR count). The fourth-order valence-corrected chi connectivity index (χ4v) is 2.76. The maximum atomic E-state index is 12.3. The lowest BCUT2D eigenvalue weighted by molar-refractivity contribution is -0.145. The Bertz CT molecular complexity index is 431. The maximum Gasteiger partial charge on any atom is 0.326 e. The highest BCUT2D eigenvalue weighted by Gasteiger charge is 2.37. The number of amides is 2. The van der Waals surface area contributed by atoms with E-state index >= 15 is 0 Å². The van der Waals surface area contributed by atoms with Crippen molar-refractivity contribution >= 4 is 17.8 Å². The van der Waals surface area contributed by atoms with Gasteiger partial charge in [-0.05, 0) is 31.6 Å². The standard InChI is InChI=1S/C15H24N2O4/c1-9(2)12(15(20)21)16-13(18)11-4-3-7-17(8-11)14(19)10-5-6-10/h9-12H,3-8H2,1-2H3,(H,16,18)(H,20,21)/t11?,12-/m1/s1. The minimum absolute atomic E-state index is 0.158. The number of hydrogen-bond acceptors (Lipinski definition) is 3. The fraction of sp³-hybridized carbons (Fsp3) is 0.800. The van der Waals surface area contributed by atoms with Crippen molar-refractivity contribution in [2.75, 3.05) is 13.1 Å². The smallest absolute Gasteiger partial charge is 0.326 e. The SMILES string of the molecule is CC(C)[C@@H](NC(=O)C1CCCN(C(=O)C2CC2)C1)C(=O)O. The molecular formula is C15H24N2O4. The molecule has 21 heavy (non-hydrogen) atoms. The van der Waals surface area contributed by atoms with E-state index < -0.39 is 12.0 Å². The zero-order valence-corrected chi connectivity index (χ0v) is 12.7. The third-order valence-electron chi connectivity index (χ3n) is 4.26. The number of nitrogens with zero attached hydrogens (tertiary/aromatic N) is 1. The first-order valence-corrected chi connectivity index (χ1v) is 7.72.